The van der Waals surface area contributed by atoms with Crippen LogP contribution in [0.25, 0.3) is 0 Å². The van der Waals surface area contributed by atoms with E-state index in [0.717, 1.165) is 12.8 Å². The van der Waals surface area contributed by atoms with E-state index in [0.29, 0.717) is 13.1 Å². The van der Waals surface area contributed by atoms with Crippen LogP contribution < -0.4 is 4.57 Å². The van der Waals surface area contributed by atoms with Gasteiger partial charge in [-0.05, 0) is 12.8 Å². The van der Waals surface area contributed by atoms with E-state index < -0.39 is 20.5 Å². The van der Waals surface area contributed by atoms with Crippen molar-refractivity contribution in [3.63, 3.8) is 0 Å². The molecule has 2 N–H and O–H groups in total. The van der Waals surface area contributed by atoms with Gasteiger partial charge in [0.15, 0.2) is 0 Å². The maximum atomic E-state index is 11.2. The van der Waals surface area contributed by atoms with Crippen LogP contribution in [0, 0.1) is 0 Å². The molecule has 1 rings (SSSR count). The van der Waals surface area contributed by atoms with Crippen LogP contribution in [0.4, 0.5) is 0 Å². The summed E-state index contributed by atoms with van der Waals surface area (Å²) < 4.78 is 67.5. The molecule has 0 aromatic carbocycles. The summed E-state index contributed by atoms with van der Waals surface area (Å²) in [5, 5.41) is -0.0220. The van der Waals surface area contributed by atoms with Crippen LogP contribution in [-0.2, 0) is 33.6 Å². The first-order valence-corrected chi connectivity index (χ1v) is 8.55. The highest BCUT2D eigenvalue weighted by atomic mass is 32.3. The summed E-state index contributed by atoms with van der Waals surface area (Å²) in [7, 11) is -9.06. The highest BCUT2D eigenvalue weighted by molar-refractivity contribution is 7.85. The van der Waals surface area contributed by atoms with E-state index in [1.807, 2.05) is 13.8 Å². The fraction of sp³-hybridized carbons (Fsp3) is 0.667. The Morgan fingerprint density at radius 2 is 1.70 bits per heavy atom. The molecular weight excluding hydrogens is 312 g/mol. The van der Waals surface area contributed by atoms with Gasteiger partial charge in [-0.1, -0.05) is 13.8 Å². The molecule has 0 atom stereocenters. The van der Waals surface area contributed by atoms with Gasteiger partial charge in [0.05, 0.1) is 13.1 Å². The summed E-state index contributed by atoms with van der Waals surface area (Å²) in [6.07, 6.45) is 5.01. The minimum Gasteiger partial charge on any atom is -0.726 e. The zero-order valence-corrected chi connectivity index (χ0v) is 12.8. The van der Waals surface area contributed by atoms with E-state index in [4.69, 9.17) is 22.1 Å². The minimum absolute atomic E-state index is 0.0220. The van der Waals surface area contributed by atoms with Crippen LogP contribution in [0.2, 0.25) is 0 Å². The monoisotopic (exact) mass is 330 g/mol. The second kappa shape index (κ2) is 7.69. The number of aromatic nitrogens is 2. The van der Waals surface area contributed by atoms with Crippen LogP contribution in [0.15, 0.2) is 17.6 Å². The van der Waals surface area contributed by atoms with Crippen molar-refractivity contribution in [2.24, 2.45) is 0 Å². The normalized spacial score (nSPS) is 11.8. The molecule has 0 unspecified atom stereocenters. The Hall–Kier alpha value is -1.01. The van der Waals surface area contributed by atoms with Crippen molar-refractivity contribution in [1.82, 2.24) is 4.57 Å². The highest BCUT2D eigenvalue weighted by Crippen LogP contribution is 2.05. The number of aryl methyl sites for hydroxylation is 2. The van der Waals surface area contributed by atoms with E-state index >= 15 is 0 Å². The highest BCUT2D eigenvalue weighted by Gasteiger charge is 2.28. The predicted molar refractivity (Wildman–Crippen MR) is 67.3 cm³/mol. The van der Waals surface area contributed by atoms with Crippen molar-refractivity contribution < 1.29 is 35.1 Å². The lowest BCUT2D eigenvalue weighted by Gasteiger charge is -2.00. The van der Waals surface area contributed by atoms with Gasteiger partial charge < -0.3 is 4.55 Å². The molecule has 0 radical (unpaired) electrons. The molecule has 1 aromatic rings. The number of hydrogen-bond acceptors (Lipinski definition) is 5. The standard InChI is InChI=1S/C9H16N2O3S.H2O4S/c1-3-5-10-7-8-11(6-4-2)9(10)15(12,13)14;1-5(2,3)4/h7-8H,3-6H2,1-2H3;(H2,1,2,3,4). The van der Waals surface area contributed by atoms with E-state index in [1.54, 1.807) is 21.5 Å². The molecule has 0 saturated carbocycles. The zero-order valence-electron chi connectivity index (χ0n) is 11.1. The minimum atomic E-state index is -4.92. The van der Waals surface area contributed by atoms with Crippen LogP contribution in [-0.4, -0.2) is 35.1 Å². The average Bonchev–Trinajstić information content (AvgIpc) is 2.59. The molecule has 0 aliphatic carbocycles. The second-order valence-electron chi connectivity index (χ2n) is 3.87. The third-order valence-electron chi connectivity index (χ3n) is 2.08. The molecule has 11 heteroatoms. The number of hydrogen-bond donors (Lipinski definition) is 2. The van der Waals surface area contributed by atoms with E-state index in [9.17, 15) is 8.42 Å². The first-order chi connectivity index (χ1) is 9.00. The zero-order chi connectivity index (χ0) is 16.0. The Bertz CT molecular complexity index is 587. The predicted octanol–water partition coefficient (Wildman–Crippen LogP) is -0.153. The molecule has 0 aliphatic heterocycles. The molecule has 0 amide bonds. The first kappa shape index (κ1) is 19.0. The van der Waals surface area contributed by atoms with Gasteiger partial charge in [-0.15, -0.1) is 0 Å². The van der Waals surface area contributed by atoms with Crippen LogP contribution in [0.1, 0.15) is 26.7 Å². The Kier molecular flexibility index (Phi) is 7.30. The van der Waals surface area contributed by atoms with Gasteiger partial charge in [-0.3, -0.25) is 9.11 Å². The van der Waals surface area contributed by atoms with Gasteiger partial charge >= 0.3 is 15.3 Å². The van der Waals surface area contributed by atoms with Crippen molar-refractivity contribution in [2.75, 3.05) is 0 Å². The molecule has 9 nitrogen and oxygen atoms in total. The average molecular weight is 330 g/mol. The SMILES string of the molecule is CCCn1cc[n+](CCC)c1S(=O)(=O)O.O=S(=O)([O-])O. The third kappa shape index (κ3) is 7.55. The van der Waals surface area contributed by atoms with Crippen LogP contribution in [0.5, 0.6) is 0 Å². The number of rotatable bonds is 5. The quantitative estimate of drug-likeness (QED) is 0.434. The van der Waals surface area contributed by atoms with Crippen LogP contribution in [0.3, 0.4) is 0 Å². The van der Waals surface area contributed by atoms with Crippen LogP contribution >= 0.6 is 0 Å². The lowest BCUT2D eigenvalue weighted by molar-refractivity contribution is -0.734. The maximum absolute atomic E-state index is 11.2. The molecule has 1 heterocycles. The van der Waals surface area contributed by atoms with Gasteiger partial charge in [0.1, 0.15) is 12.4 Å². The van der Waals surface area contributed by atoms with Gasteiger partial charge in [-0.25, -0.2) is 17.6 Å². The Labute approximate surface area is 118 Å². The third-order valence-corrected chi connectivity index (χ3v) is 3.01. The number of imidazole rings is 1. The largest absolute Gasteiger partial charge is 0.726 e. The van der Waals surface area contributed by atoms with E-state index in [-0.39, 0.29) is 5.16 Å². The van der Waals surface area contributed by atoms with Gasteiger partial charge in [0.2, 0.25) is 10.4 Å². The van der Waals surface area contributed by atoms with Crippen molar-refractivity contribution in [3.05, 3.63) is 12.4 Å². The first-order valence-electron chi connectivity index (χ1n) is 5.75. The van der Waals surface area contributed by atoms with E-state index in [1.165, 1.54) is 0 Å². The molecule has 20 heavy (non-hydrogen) atoms. The molecular formula is C9H18N2O7S2. The summed E-state index contributed by atoms with van der Waals surface area (Å²) in [5.41, 5.74) is 0. The summed E-state index contributed by atoms with van der Waals surface area (Å²) in [6, 6.07) is 0. The lowest BCUT2D eigenvalue weighted by Crippen LogP contribution is -2.38. The summed E-state index contributed by atoms with van der Waals surface area (Å²) in [5.74, 6) is 0. The topological polar surface area (TPSA) is 141 Å². The summed E-state index contributed by atoms with van der Waals surface area (Å²) in [6.45, 7) is 5.09. The molecule has 0 aliphatic rings. The molecule has 118 valence electrons. The maximum Gasteiger partial charge on any atom is 0.402 e. The Morgan fingerprint density at radius 3 is 2.05 bits per heavy atom. The molecule has 0 saturated heterocycles. The molecule has 0 spiro atoms. The molecule has 0 bridgehead atoms. The number of nitrogens with zero attached hydrogens (tertiary/aromatic N) is 2. The van der Waals surface area contributed by atoms with Gasteiger partial charge in [-0.2, -0.15) is 8.42 Å². The van der Waals surface area contributed by atoms with Crippen molar-refractivity contribution in [3.8, 4) is 0 Å². The summed E-state index contributed by atoms with van der Waals surface area (Å²) >= 11 is 0. The second-order valence-corrected chi connectivity index (χ2v) is 6.04. The van der Waals surface area contributed by atoms with Crippen molar-refractivity contribution in [2.45, 2.75) is 44.9 Å². The van der Waals surface area contributed by atoms with Gasteiger partial charge in [0, 0.05) is 0 Å². The fourth-order valence-electron chi connectivity index (χ4n) is 1.57. The Morgan fingerprint density at radius 1 is 1.20 bits per heavy atom. The summed E-state index contributed by atoms with van der Waals surface area (Å²) in [4.78, 5) is 0. The van der Waals surface area contributed by atoms with Crippen molar-refractivity contribution in [1.29, 1.82) is 0 Å². The fourth-order valence-corrected chi connectivity index (χ4v) is 2.47. The molecule has 0 fully saturated rings. The van der Waals surface area contributed by atoms with Crippen molar-refractivity contribution >= 4 is 20.5 Å². The molecule has 1 aromatic heterocycles. The lowest BCUT2D eigenvalue weighted by atomic mass is 10.5. The van der Waals surface area contributed by atoms with E-state index in [2.05, 4.69) is 0 Å². The smallest absolute Gasteiger partial charge is 0.402 e. The van der Waals surface area contributed by atoms with Gasteiger partial charge in [0.25, 0.3) is 0 Å². The Balaban J connectivity index is 0.000000621.